The topological polar surface area (TPSA) is 71.3 Å². The molecule has 3 rings (SSSR count). The van der Waals surface area contributed by atoms with Crippen molar-refractivity contribution in [2.24, 2.45) is 0 Å². The maximum absolute atomic E-state index is 12.2. The molecule has 0 radical (unpaired) electrons. The van der Waals surface area contributed by atoms with Crippen molar-refractivity contribution in [3.63, 3.8) is 0 Å². The first-order chi connectivity index (χ1) is 13.6. The molecule has 0 saturated carbocycles. The Balaban J connectivity index is 1.54. The Morgan fingerprint density at radius 3 is 2.46 bits per heavy atom. The number of hydrogen-bond donors (Lipinski definition) is 1. The molecule has 0 aliphatic rings. The van der Waals surface area contributed by atoms with Crippen molar-refractivity contribution in [1.29, 1.82) is 0 Å². The van der Waals surface area contributed by atoms with Crippen LogP contribution in [0.2, 0.25) is 0 Å². The highest BCUT2D eigenvalue weighted by Gasteiger charge is 2.12. The van der Waals surface area contributed by atoms with Gasteiger partial charge < -0.3 is 14.7 Å². The van der Waals surface area contributed by atoms with Crippen LogP contribution in [0.25, 0.3) is 11.4 Å². The molecule has 1 heterocycles. The lowest BCUT2D eigenvalue weighted by Crippen LogP contribution is -2.21. The summed E-state index contributed by atoms with van der Waals surface area (Å²) in [4.78, 5) is 18.9. The van der Waals surface area contributed by atoms with Gasteiger partial charge in [-0.15, -0.1) is 0 Å². The van der Waals surface area contributed by atoms with Crippen LogP contribution in [0.5, 0.6) is 0 Å². The Morgan fingerprint density at radius 2 is 1.79 bits per heavy atom. The van der Waals surface area contributed by atoms with Gasteiger partial charge in [0.2, 0.25) is 17.6 Å². The second kappa shape index (κ2) is 9.17. The van der Waals surface area contributed by atoms with Gasteiger partial charge in [-0.2, -0.15) is 4.98 Å². The fourth-order valence-corrected chi connectivity index (χ4v) is 3.08. The average Bonchev–Trinajstić information content (AvgIpc) is 3.18. The molecule has 0 spiro atoms. The van der Waals surface area contributed by atoms with Crippen LogP contribution in [-0.4, -0.2) is 29.1 Å². The number of carbonyl (C=O) groups excluding carboxylic acids is 1. The first-order valence-corrected chi connectivity index (χ1v) is 9.64. The van der Waals surface area contributed by atoms with Gasteiger partial charge in [-0.1, -0.05) is 29.4 Å². The monoisotopic (exact) mass is 378 g/mol. The molecule has 0 atom stereocenters. The van der Waals surface area contributed by atoms with Gasteiger partial charge in [0, 0.05) is 42.9 Å². The normalized spacial score (nSPS) is 10.7. The van der Waals surface area contributed by atoms with E-state index >= 15 is 0 Å². The maximum Gasteiger partial charge on any atom is 0.227 e. The highest BCUT2D eigenvalue weighted by atomic mass is 16.5. The largest absolute Gasteiger partial charge is 0.372 e. The molecular weight excluding hydrogens is 352 g/mol. The summed E-state index contributed by atoms with van der Waals surface area (Å²) in [5.41, 5.74) is 3.96. The summed E-state index contributed by atoms with van der Waals surface area (Å²) in [5, 5.41) is 6.94. The van der Waals surface area contributed by atoms with Crippen LogP contribution in [0.15, 0.2) is 53.1 Å². The third-order valence-corrected chi connectivity index (χ3v) is 4.70. The molecule has 1 aromatic heterocycles. The molecule has 1 N–H and O–H groups in total. The van der Waals surface area contributed by atoms with Gasteiger partial charge in [0.05, 0.1) is 0 Å². The smallest absolute Gasteiger partial charge is 0.227 e. The van der Waals surface area contributed by atoms with Crippen molar-refractivity contribution in [1.82, 2.24) is 10.1 Å². The van der Waals surface area contributed by atoms with E-state index in [0.717, 1.165) is 35.6 Å². The number of nitrogens with zero attached hydrogens (tertiary/aromatic N) is 3. The zero-order valence-corrected chi connectivity index (χ0v) is 16.6. The lowest BCUT2D eigenvalue weighted by molar-refractivity contribution is -0.116. The van der Waals surface area contributed by atoms with E-state index < -0.39 is 0 Å². The van der Waals surface area contributed by atoms with Crippen LogP contribution in [-0.2, 0) is 11.2 Å². The zero-order valence-electron chi connectivity index (χ0n) is 16.6. The number of aromatic nitrogens is 2. The standard InChI is InChI=1S/C22H26N4O2/c1-4-26(5-2)18-12-10-17(11-13-18)23-20(27)14-15-21-24-22(25-28-21)19-9-7-6-8-16(19)3/h6-13H,4-5,14-15H2,1-3H3,(H,23,27). The number of hydrogen-bond acceptors (Lipinski definition) is 5. The predicted molar refractivity (Wildman–Crippen MR) is 111 cm³/mol. The molecule has 6 nitrogen and oxygen atoms in total. The number of nitrogens with one attached hydrogen (secondary N) is 1. The third-order valence-electron chi connectivity index (χ3n) is 4.70. The van der Waals surface area contributed by atoms with Crippen LogP contribution in [0.4, 0.5) is 11.4 Å². The maximum atomic E-state index is 12.2. The summed E-state index contributed by atoms with van der Waals surface area (Å²) in [6.45, 7) is 8.17. The summed E-state index contributed by atoms with van der Waals surface area (Å²) in [5.74, 6) is 0.942. The van der Waals surface area contributed by atoms with Gasteiger partial charge in [0.1, 0.15) is 0 Å². The quantitative estimate of drug-likeness (QED) is 0.626. The molecule has 146 valence electrons. The summed E-state index contributed by atoms with van der Waals surface area (Å²) in [6.07, 6.45) is 0.690. The first kappa shape index (κ1) is 19.6. The van der Waals surface area contributed by atoms with Gasteiger partial charge in [0.15, 0.2) is 0 Å². The Morgan fingerprint density at radius 1 is 1.07 bits per heavy atom. The minimum atomic E-state index is -0.0776. The van der Waals surface area contributed by atoms with E-state index in [9.17, 15) is 4.79 Å². The minimum absolute atomic E-state index is 0.0776. The Hall–Kier alpha value is -3.15. The van der Waals surface area contributed by atoms with Crippen molar-refractivity contribution < 1.29 is 9.32 Å². The van der Waals surface area contributed by atoms with Crippen molar-refractivity contribution in [2.75, 3.05) is 23.3 Å². The Bertz CT molecular complexity index is 914. The molecule has 0 saturated heterocycles. The summed E-state index contributed by atoms with van der Waals surface area (Å²) in [7, 11) is 0. The Labute approximate surface area is 165 Å². The van der Waals surface area contributed by atoms with Gasteiger partial charge in [-0.3, -0.25) is 4.79 Å². The van der Waals surface area contributed by atoms with Gasteiger partial charge >= 0.3 is 0 Å². The number of anilines is 2. The Kier molecular flexibility index (Phi) is 6.42. The predicted octanol–water partition coefficient (Wildman–Crippen LogP) is 4.46. The summed E-state index contributed by atoms with van der Waals surface area (Å²) in [6, 6.07) is 15.8. The van der Waals surface area contributed by atoms with Gasteiger partial charge in [-0.25, -0.2) is 0 Å². The van der Waals surface area contributed by atoms with E-state index in [0.29, 0.717) is 18.1 Å². The second-order valence-corrected chi connectivity index (χ2v) is 6.59. The molecule has 0 aliphatic carbocycles. The zero-order chi connectivity index (χ0) is 19.9. The van der Waals surface area contributed by atoms with Gasteiger partial charge in [0.25, 0.3) is 0 Å². The number of amides is 1. The molecule has 6 heteroatoms. The van der Waals surface area contributed by atoms with Crippen molar-refractivity contribution in [3.8, 4) is 11.4 Å². The van der Waals surface area contributed by atoms with Crippen molar-refractivity contribution >= 4 is 17.3 Å². The fourth-order valence-electron chi connectivity index (χ4n) is 3.08. The number of carbonyl (C=O) groups is 1. The van der Waals surface area contributed by atoms with Gasteiger partial charge in [-0.05, 0) is 50.6 Å². The van der Waals surface area contributed by atoms with E-state index in [1.54, 1.807) is 0 Å². The van der Waals surface area contributed by atoms with Crippen LogP contribution >= 0.6 is 0 Å². The first-order valence-electron chi connectivity index (χ1n) is 9.64. The molecule has 0 aliphatic heterocycles. The number of benzene rings is 2. The van der Waals surface area contributed by atoms with Crippen molar-refractivity contribution in [3.05, 3.63) is 60.0 Å². The molecule has 2 aromatic carbocycles. The van der Waals surface area contributed by atoms with E-state index in [1.165, 1.54) is 0 Å². The van der Waals surface area contributed by atoms with E-state index in [2.05, 4.69) is 34.2 Å². The van der Waals surface area contributed by atoms with E-state index in [4.69, 9.17) is 4.52 Å². The number of rotatable bonds is 8. The third kappa shape index (κ3) is 4.76. The van der Waals surface area contributed by atoms with E-state index in [1.807, 2.05) is 55.5 Å². The molecule has 28 heavy (non-hydrogen) atoms. The molecule has 0 bridgehead atoms. The minimum Gasteiger partial charge on any atom is -0.372 e. The van der Waals surface area contributed by atoms with Crippen LogP contribution < -0.4 is 10.2 Å². The summed E-state index contributed by atoms with van der Waals surface area (Å²) >= 11 is 0. The lowest BCUT2D eigenvalue weighted by Gasteiger charge is -2.21. The molecule has 1 amide bonds. The van der Waals surface area contributed by atoms with Crippen LogP contribution in [0, 0.1) is 6.92 Å². The molecule has 0 fully saturated rings. The molecule has 3 aromatic rings. The van der Waals surface area contributed by atoms with E-state index in [-0.39, 0.29) is 12.3 Å². The molecular formula is C22H26N4O2. The SMILES string of the molecule is CCN(CC)c1ccc(NC(=O)CCc2nc(-c3ccccc3C)no2)cc1. The van der Waals surface area contributed by atoms with Crippen LogP contribution in [0.3, 0.4) is 0 Å². The highest BCUT2D eigenvalue weighted by molar-refractivity contribution is 5.90. The lowest BCUT2D eigenvalue weighted by atomic mass is 10.1. The highest BCUT2D eigenvalue weighted by Crippen LogP contribution is 2.21. The van der Waals surface area contributed by atoms with Crippen molar-refractivity contribution in [2.45, 2.75) is 33.6 Å². The number of aryl methyl sites for hydroxylation is 2. The molecule has 0 unspecified atom stereocenters. The summed E-state index contributed by atoms with van der Waals surface area (Å²) < 4.78 is 5.29. The fraction of sp³-hybridized carbons (Fsp3) is 0.318. The average molecular weight is 378 g/mol. The second-order valence-electron chi connectivity index (χ2n) is 6.59. The van der Waals surface area contributed by atoms with Crippen LogP contribution in [0.1, 0.15) is 31.7 Å².